The molecule has 1 aliphatic heterocycles. The molecule has 1 atom stereocenters. The van der Waals surface area contributed by atoms with Gasteiger partial charge in [-0.2, -0.15) is 0 Å². The van der Waals surface area contributed by atoms with Crippen LogP contribution in [0.15, 0.2) is 0 Å². The minimum Gasteiger partial charge on any atom is -0.326 e. The monoisotopic (exact) mass is 218 g/mol. The summed E-state index contributed by atoms with van der Waals surface area (Å²) >= 11 is 0. The maximum atomic E-state index is 11.8. The third kappa shape index (κ3) is 2.46. The van der Waals surface area contributed by atoms with Crippen LogP contribution >= 0.6 is 0 Å². The van der Waals surface area contributed by atoms with Gasteiger partial charge >= 0.3 is 0 Å². The van der Waals surface area contributed by atoms with Crippen molar-refractivity contribution in [2.24, 2.45) is 11.7 Å². The number of nitrogens with two attached hydrogens (primary N) is 1. The second-order valence-corrected chi connectivity index (χ2v) is 6.54. The summed E-state index contributed by atoms with van der Waals surface area (Å²) in [4.78, 5) is 0. The Morgan fingerprint density at radius 1 is 1.29 bits per heavy atom. The molecule has 14 heavy (non-hydrogen) atoms. The highest BCUT2D eigenvalue weighted by Gasteiger charge is 2.31. The lowest BCUT2D eigenvalue weighted by Gasteiger charge is -2.15. The van der Waals surface area contributed by atoms with E-state index >= 15 is 0 Å². The van der Waals surface area contributed by atoms with Crippen molar-refractivity contribution in [1.82, 2.24) is 4.31 Å². The fraction of sp³-hybridized carbons (Fsp3) is 1.00. The predicted octanol–water partition coefficient (Wildman–Crippen LogP) is 0.149. The Bertz CT molecular complexity index is 298. The minimum absolute atomic E-state index is 0.0469. The van der Waals surface area contributed by atoms with Crippen LogP contribution in [0.5, 0.6) is 0 Å². The van der Waals surface area contributed by atoms with Gasteiger partial charge in [0.25, 0.3) is 0 Å². The quantitative estimate of drug-likeness (QED) is 0.730. The normalized spacial score (nSPS) is 29.6. The average molecular weight is 218 g/mol. The van der Waals surface area contributed by atoms with Gasteiger partial charge < -0.3 is 5.73 Å². The molecule has 2 fully saturated rings. The van der Waals surface area contributed by atoms with Gasteiger partial charge in [0.1, 0.15) is 0 Å². The van der Waals surface area contributed by atoms with Gasteiger partial charge in [0, 0.05) is 19.1 Å². The highest BCUT2D eigenvalue weighted by molar-refractivity contribution is 7.89. The van der Waals surface area contributed by atoms with Crippen LogP contribution in [0.3, 0.4) is 0 Å². The van der Waals surface area contributed by atoms with E-state index in [4.69, 9.17) is 5.73 Å². The molecule has 2 rings (SSSR count). The van der Waals surface area contributed by atoms with Crippen molar-refractivity contribution in [3.05, 3.63) is 0 Å². The molecule has 1 aliphatic carbocycles. The van der Waals surface area contributed by atoms with Crippen molar-refractivity contribution >= 4 is 10.0 Å². The van der Waals surface area contributed by atoms with Gasteiger partial charge in [0.05, 0.1) is 5.75 Å². The average Bonchev–Trinajstić information content (AvgIpc) is 2.85. The SMILES string of the molecule is N[C@H]1CCN(S(=O)(=O)CCC2CC2)C1. The summed E-state index contributed by atoms with van der Waals surface area (Å²) in [6.45, 7) is 1.14. The van der Waals surface area contributed by atoms with Gasteiger partial charge in [-0.05, 0) is 18.8 Å². The van der Waals surface area contributed by atoms with Crippen LogP contribution in [-0.2, 0) is 10.0 Å². The van der Waals surface area contributed by atoms with Gasteiger partial charge in [-0.15, -0.1) is 0 Å². The molecule has 0 unspecified atom stereocenters. The van der Waals surface area contributed by atoms with E-state index in [9.17, 15) is 8.42 Å². The molecule has 0 spiro atoms. The van der Waals surface area contributed by atoms with Crippen LogP contribution < -0.4 is 5.73 Å². The molecule has 2 N–H and O–H groups in total. The van der Waals surface area contributed by atoms with E-state index in [0.29, 0.717) is 24.8 Å². The summed E-state index contributed by atoms with van der Waals surface area (Å²) in [5.74, 6) is 1.01. The first-order valence-corrected chi connectivity index (χ1v) is 6.92. The molecule has 4 nitrogen and oxygen atoms in total. The van der Waals surface area contributed by atoms with Crippen LogP contribution in [0.2, 0.25) is 0 Å². The Morgan fingerprint density at radius 3 is 2.50 bits per heavy atom. The van der Waals surface area contributed by atoms with E-state index in [0.717, 1.165) is 12.8 Å². The fourth-order valence-electron chi connectivity index (χ4n) is 1.86. The largest absolute Gasteiger partial charge is 0.326 e. The second-order valence-electron chi connectivity index (χ2n) is 4.45. The zero-order chi connectivity index (χ0) is 10.2. The molecule has 0 aromatic rings. The van der Waals surface area contributed by atoms with Crippen LogP contribution in [0.4, 0.5) is 0 Å². The second kappa shape index (κ2) is 3.79. The van der Waals surface area contributed by atoms with Gasteiger partial charge in [-0.3, -0.25) is 0 Å². The summed E-state index contributed by atoms with van der Waals surface area (Å²) in [7, 11) is -2.99. The van der Waals surface area contributed by atoms with Crippen LogP contribution in [0.1, 0.15) is 25.7 Å². The van der Waals surface area contributed by atoms with Crippen molar-refractivity contribution in [1.29, 1.82) is 0 Å². The molecular formula is C9H18N2O2S. The topological polar surface area (TPSA) is 63.4 Å². The van der Waals surface area contributed by atoms with Gasteiger partial charge in [-0.25, -0.2) is 12.7 Å². The standard InChI is InChI=1S/C9H18N2O2S/c10-9-3-5-11(7-9)14(12,13)6-4-8-1-2-8/h8-9H,1-7,10H2/t9-/m0/s1. The van der Waals surface area contributed by atoms with Crippen LogP contribution in [0, 0.1) is 5.92 Å². The maximum absolute atomic E-state index is 11.8. The molecule has 0 aromatic heterocycles. The lowest BCUT2D eigenvalue weighted by Crippen LogP contribution is -2.33. The maximum Gasteiger partial charge on any atom is 0.214 e. The fourth-order valence-corrected chi connectivity index (χ4v) is 3.55. The zero-order valence-electron chi connectivity index (χ0n) is 8.35. The Balaban J connectivity index is 1.86. The molecular weight excluding hydrogens is 200 g/mol. The Kier molecular flexibility index (Phi) is 2.81. The van der Waals surface area contributed by atoms with E-state index in [-0.39, 0.29) is 6.04 Å². The number of hydrogen-bond acceptors (Lipinski definition) is 3. The lowest BCUT2D eigenvalue weighted by atomic mass is 10.3. The van der Waals surface area contributed by atoms with Gasteiger partial charge in [0.2, 0.25) is 10.0 Å². The van der Waals surface area contributed by atoms with Crippen molar-refractivity contribution in [3.63, 3.8) is 0 Å². The third-order valence-corrected chi connectivity index (χ3v) is 4.93. The molecule has 0 bridgehead atoms. The highest BCUT2D eigenvalue weighted by atomic mass is 32.2. The smallest absolute Gasteiger partial charge is 0.214 e. The molecule has 1 saturated heterocycles. The molecule has 1 heterocycles. The molecule has 1 saturated carbocycles. The summed E-state index contributed by atoms with van der Waals surface area (Å²) in [6, 6.07) is 0.0469. The van der Waals surface area contributed by atoms with Gasteiger partial charge in [-0.1, -0.05) is 12.8 Å². The Hall–Kier alpha value is -0.130. The van der Waals surface area contributed by atoms with E-state index in [1.54, 1.807) is 4.31 Å². The molecule has 82 valence electrons. The molecule has 0 amide bonds. The lowest BCUT2D eigenvalue weighted by molar-refractivity contribution is 0.469. The van der Waals surface area contributed by atoms with Crippen molar-refractivity contribution in [3.8, 4) is 0 Å². The number of hydrogen-bond donors (Lipinski definition) is 1. The van der Waals surface area contributed by atoms with E-state index in [1.807, 2.05) is 0 Å². The molecule has 5 heteroatoms. The first-order chi connectivity index (χ1) is 6.58. The first kappa shape index (κ1) is 10.4. The summed E-state index contributed by atoms with van der Waals surface area (Å²) in [6.07, 6.45) is 4.08. The van der Waals surface area contributed by atoms with Crippen molar-refractivity contribution in [2.75, 3.05) is 18.8 Å². The molecule has 0 aromatic carbocycles. The van der Waals surface area contributed by atoms with E-state index in [2.05, 4.69) is 0 Å². The van der Waals surface area contributed by atoms with E-state index < -0.39 is 10.0 Å². The summed E-state index contributed by atoms with van der Waals surface area (Å²) in [5.41, 5.74) is 5.68. The zero-order valence-corrected chi connectivity index (χ0v) is 9.17. The van der Waals surface area contributed by atoms with Crippen molar-refractivity contribution < 1.29 is 8.42 Å². The van der Waals surface area contributed by atoms with Crippen molar-refractivity contribution in [2.45, 2.75) is 31.7 Å². The summed E-state index contributed by atoms with van der Waals surface area (Å²) < 4.78 is 25.1. The molecule has 0 radical (unpaired) electrons. The predicted molar refractivity (Wildman–Crippen MR) is 55.3 cm³/mol. The van der Waals surface area contributed by atoms with Gasteiger partial charge in [0.15, 0.2) is 0 Å². The number of nitrogens with zero attached hydrogens (tertiary/aromatic N) is 1. The minimum atomic E-state index is -2.99. The Morgan fingerprint density at radius 2 is 2.00 bits per heavy atom. The number of sulfonamides is 1. The molecule has 2 aliphatic rings. The van der Waals surface area contributed by atoms with Crippen LogP contribution in [-0.4, -0.2) is 37.6 Å². The highest BCUT2D eigenvalue weighted by Crippen LogP contribution is 2.33. The third-order valence-electron chi connectivity index (χ3n) is 3.06. The summed E-state index contributed by atoms with van der Waals surface area (Å²) in [5, 5.41) is 0. The van der Waals surface area contributed by atoms with E-state index in [1.165, 1.54) is 12.8 Å². The number of rotatable bonds is 4. The Labute approximate surface area is 85.5 Å². The van der Waals surface area contributed by atoms with Crippen LogP contribution in [0.25, 0.3) is 0 Å². The first-order valence-electron chi connectivity index (χ1n) is 5.31.